The SMILES string of the molecule is Cc1cc(NN)nc(CN2CCCCC2C)n1. The van der Waals surface area contributed by atoms with Crippen LogP contribution in [0.3, 0.4) is 0 Å². The van der Waals surface area contributed by atoms with Gasteiger partial charge < -0.3 is 5.43 Å². The molecular weight excluding hydrogens is 214 g/mol. The fraction of sp³-hybridized carbons (Fsp3) is 0.667. The molecule has 1 aromatic heterocycles. The minimum absolute atomic E-state index is 0.627. The summed E-state index contributed by atoms with van der Waals surface area (Å²) in [5, 5.41) is 0. The second-order valence-corrected chi connectivity index (χ2v) is 4.77. The van der Waals surface area contributed by atoms with Crippen LogP contribution in [0.2, 0.25) is 0 Å². The van der Waals surface area contributed by atoms with Gasteiger partial charge in [0.05, 0.1) is 6.54 Å². The summed E-state index contributed by atoms with van der Waals surface area (Å²) in [4.78, 5) is 11.3. The summed E-state index contributed by atoms with van der Waals surface area (Å²) < 4.78 is 0. The van der Waals surface area contributed by atoms with Crippen molar-refractivity contribution in [1.82, 2.24) is 14.9 Å². The number of rotatable bonds is 3. The normalized spacial score (nSPS) is 21.5. The number of nitrogens with one attached hydrogen (secondary N) is 1. The van der Waals surface area contributed by atoms with Crippen LogP contribution in [0.1, 0.15) is 37.7 Å². The fourth-order valence-electron chi connectivity index (χ4n) is 2.35. The number of anilines is 1. The smallest absolute Gasteiger partial charge is 0.145 e. The molecule has 5 nitrogen and oxygen atoms in total. The third-order valence-electron chi connectivity index (χ3n) is 3.33. The maximum Gasteiger partial charge on any atom is 0.145 e. The number of likely N-dealkylation sites (tertiary alicyclic amines) is 1. The molecular formula is C12H21N5. The zero-order valence-electron chi connectivity index (χ0n) is 10.6. The summed E-state index contributed by atoms with van der Waals surface area (Å²) in [5.41, 5.74) is 3.54. The van der Waals surface area contributed by atoms with Gasteiger partial charge in [0.15, 0.2) is 0 Å². The first-order valence-corrected chi connectivity index (χ1v) is 6.24. The van der Waals surface area contributed by atoms with E-state index in [-0.39, 0.29) is 0 Å². The number of aryl methyl sites for hydroxylation is 1. The molecule has 0 bridgehead atoms. The van der Waals surface area contributed by atoms with Crippen molar-refractivity contribution in [3.05, 3.63) is 17.6 Å². The highest BCUT2D eigenvalue weighted by molar-refractivity contribution is 5.33. The maximum absolute atomic E-state index is 5.39. The first kappa shape index (κ1) is 12.3. The van der Waals surface area contributed by atoms with Crippen molar-refractivity contribution in [3.8, 4) is 0 Å². The van der Waals surface area contributed by atoms with E-state index in [2.05, 4.69) is 27.2 Å². The Labute approximate surface area is 102 Å². The lowest BCUT2D eigenvalue weighted by molar-refractivity contribution is 0.149. The van der Waals surface area contributed by atoms with E-state index in [9.17, 15) is 0 Å². The Kier molecular flexibility index (Phi) is 3.91. The molecule has 1 aliphatic rings. The van der Waals surface area contributed by atoms with Gasteiger partial charge in [0.2, 0.25) is 0 Å². The lowest BCUT2D eigenvalue weighted by Gasteiger charge is -2.32. The van der Waals surface area contributed by atoms with Gasteiger partial charge in [0.1, 0.15) is 11.6 Å². The van der Waals surface area contributed by atoms with Crippen LogP contribution in [0.4, 0.5) is 5.82 Å². The molecule has 1 saturated heterocycles. The maximum atomic E-state index is 5.39. The van der Waals surface area contributed by atoms with Crippen LogP contribution in [-0.2, 0) is 6.54 Å². The highest BCUT2D eigenvalue weighted by Gasteiger charge is 2.19. The molecule has 0 aliphatic carbocycles. The average Bonchev–Trinajstić information content (AvgIpc) is 2.31. The molecule has 1 fully saturated rings. The topological polar surface area (TPSA) is 67.1 Å². The molecule has 0 aromatic carbocycles. The summed E-state index contributed by atoms with van der Waals surface area (Å²) in [6.45, 7) is 6.20. The molecule has 0 saturated carbocycles. The lowest BCUT2D eigenvalue weighted by Crippen LogP contribution is -2.37. The number of hydrogen-bond donors (Lipinski definition) is 2. The Balaban J connectivity index is 2.09. The van der Waals surface area contributed by atoms with Crippen molar-refractivity contribution in [1.29, 1.82) is 0 Å². The number of piperidine rings is 1. The van der Waals surface area contributed by atoms with Crippen LogP contribution < -0.4 is 11.3 Å². The van der Waals surface area contributed by atoms with Crippen LogP contribution in [0.25, 0.3) is 0 Å². The summed E-state index contributed by atoms with van der Waals surface area (Å²) in [5.74, 6) is 6.94. The molecule has 94 valence electrons. The van der Waals surface area contributed by atoms with Gasteiger partial charge in [0.25, 0.3) is 0 Å². The third kappa shape index (κ3) is 3.14. The van der Waals surface area contributed by atoms with Gasteiger partial charge in [-0.15, -0.1) is 0 Å². The van der Waals surface area contributed by atoms with E-state index in [1.165, 1.54) is 19.3 Å². The number of nitrogens with two attached hydrogens (primary N) is 1. The Morgan fingerprint density at radius 3 is 3.00 bits per heavy atom. The zero-order chi connectivity index (χ0) is 12.3. The van der Waals surface area contributed by atoms with E-state index in [1.54, 1.807) is 0 Å². The first-order chi connectivity index (χ1) is 8.19. The summed E-state index contributed by atoms with van der Waals surface area (Å²) in [7, 11) is 0. The van der Waals surface area contributed by atoms with Gasteiger partial charge >= 0.3 is 0 Å². The largest absolute Gasteiger partial charge is 0.308 e. The molecule has 5 heteroatoms. The summed E-state index contributed by atoms with van der Waals surface area (Å²) in [6.07, 6.45) is 3.88. The molecule has 2 heterocycles. The molecule has 17 heavy (non-hydrogen) atoms. The van der Waals surface area contributed by atoms with E-state index < -0.39 is 0 Å². The van der Waals surface area contributed by atoms with Gasteiger partial charge in [-0.1, -0.05) is 6.42 Å². The van der Waals surface area contributed by atoms with Crippen molar-refractivity contribution < 1.29 is 0 Å². The Morgan fingerprint density at radius 1 is 1.47 bits per heavy atom. The number of nitrogen functional groups attached to an aromatic ring is 1. The standard InChI is InChI=1S/C12H21N5/c1-9-7-11(16-13)15-12(14-9)8-17-6-4-3-5-10(17)2/h7,10H,3-6,8,13H2,1-2H3,(H,14,15,16). The molecule has 0 spiro atoms. The van der Waals surface area contributed by atoms with E-state index in [0.717, 1.165) is 24.6 Å². The van der Waals surface area contributed by atoms with Crippen molar-refractivity contribution in [2.24, 2.45) is 5.84 Å². The van der Waals surface area contributed by atoms with Crippen molar-refractivity contribution in [2.75, 3.05) is 12.0 Å². The predicted octanol–water partition coefficient (Wildman–Crippen LogP) is 1.45. The highest BCUT2D eigenvalue weighted by atomic mass is 15.3. The third-order valence-corrected chi connectivity index (χ3v) is 3.33. The summed E-state index contributed by atoms with van der Waals surface area (Å²) >= 11 is 0. The van der Waals surface area contributed by atoms with Gasteiger partial charge in [0, 0.05) is 17.8 Å². The minimum atomic E-state index is 0.627. The van der Waals surface area contributed by atoms with Crippen molar-refractivity contribution >= 4 is 5.82 Å². The Bertz CT molecular complexity index is 379. The Hall–Kier alpha value is -1.20. The zero-order valence-corrected chi connectivity index (χ0v) is 10.6. The van der Waals surface area contributed by atoms with Crippen LogP contribution in [0.5, 0.6) is 0 Å². The molecule has 2 rings (SSSR count). The second-order valence-electron chi connectivity index (χ2n) is 4.77. The van der Waals surface area contributed by atoms with Crippen LogP contribution in [0, 0.1) is 6.92 Å². The number of hydrazine groups is 1. The fourth-order valence-corrected chi connectivity index (χ4v) is 2.35. The van der Waals surface area contributed by atoms with E-state index in [4.69, 9.17) is 5.84 Å². The lowest BCUT2D eigenvalue weighted by atomic mass is 10.0. The quantitative estimate of drug-likeness (QED) is 0.613. The Morgan fingerprint density at radius 2 is 2.29 bits per heavy atom. The highest BCUT2D eigenvalue weighted by Crippen LogP contribution is 2.18. The molecule has 1 aromatic rings. The van der Waals surface area contributed by atoms with Crippen LogP contribution in [0.15, 0.2) is 6.07 Å². The molecule has 3 N–H and O–H groups in total. The van der Waals surface area contributed by atoms with Crippen molar-refractivity contribution in [2.45, 2.75) is 45.7 Å². The van der Waals surface area contributed by atoms with Gasteiger partial charge in [-0.25, -0.2) is 15.8 Å². The average molecular weight is 235 g/mol. The van der Waals surface area contributed by atoms with Gasteiger partial charge in [-0.05, 0) is 33.2 Å². The first-order valence-electron chi connectivity index (χ1n) is 6.24. The molecule has 0 amide bonds. The van der Waals surface area contributed by atoms with E-state index >= 15 is 0 Å². The number of nitrogens with zero attached hydrogens (tertiary/aromatic N) is 3. The van der Waals surface area contributed by atoms with Crippen molar-refractivity contribution in [3.63, 3.8) is 0 Å². The van der Waals surface area contributed by atoms with E-state index in [0.29, 0.717) is 11.9 Å². The predicted molar refractivity (Wildman–Crippen MR) is 68.3 cm³/mol. The molecule has 1 unspecified atom stereocenters. The molecule has 1 atom stereocenters. The molecule has 1 aliphatic heterocycles. The number of aromatic nitrogens is 2. The van der Waals surface area contributed by atoms with Crippen LogP contribution in [-0.4, -0.2) is 27.5 Å². The van der Waals surface area contributed by atoms with Gasteiger partial charge in [-0.3, -0.25) is 4.90 Å². The minimum Gasteiger partial charge on any atom is -0.308 e. The monoisotopic (exact) mass is 235 g/mol. The van der Waals surface area contributed by atoms with Gasteiger partial charge in [-0.2, -0.15) is 0 Å². The van der Waals surface area contributed by atoms with Crippen LogP contribution >= 0.6 is 0 Å². The second kappa shape index (κ2) is 5.42. The molecule has 0 radical (unpaired) electrons. The summed E-state index contributed by atoms with van der Waals surface area (Å²) in [6, 6.07) is 2.48. The number of hydrogen-bond acceptors (Lipinski definition) is 5. The van der Waals surface area contributed by atoms with E-state index in [1.807, 2.05) is 13.0 Å².